The Hall–Kier alpha value is -1.27. The number of anilines is 1. The molecule has 19 heavy (non-hydrogen) atoms. The molecule has 0 aliphatic rings. The third-order valence-electron chi connectivity index (χ3n) is 1.83. The van der Waals surface area contributed by atoms with E-state index in [2.05, 4.69) is 20.8 Å². The molecule has 1 amide bonds. The van der Waals surface area contributed by atoms with Crippen molar-refractivity contribution in [3.05, 3.63) is 16.4 Å². The first-order chi connectivity index (χ1) is 8.78. The minimum Gasteiger partial charge on any atom is -0.444 e. The van der Waals surface area contributed by atoms with Crippen molar-refractivity contribution in [2.45, 2.75) is 26.4 Å². The molecule has 0 atom stereocenters. The van der Waals surface area contributed by atoms with E-state index in [0.717, 1.165) is 0 Å². The molecule has 2 N–H and O–H groups in total. The summed E-state index contributed by atoms with van der Waals surface area (Å²) in [6, 6.07) is 1.56. The fourth-order valence-corrected chi connectivity index (χ4v) is 1.46. The highest BCUT2D eigenvalue weighted by molar-refractivity contribution is 6.33. The number of nitrogens with one attached hydrogen (secondary N) is 2. The Bertz CT molecular complexity index is 449. The van der Waals surface area contributed by atoms with Gasteiger partial charge in [0.05, 0.1) is 5.69 Å². The summed E-state index contributed by atoms with van der Waals surface area (Å²) in [7, 11) is 0. The van der Waals surface area contributed by atoms with Gasteiger partial charge in [-0.2, -0.15) is 0 Å². The van der Waals surface area contributed by atoms with Crippen LogP contribution in [0.15, 0.2) is 6.07 Å². The zero-order valence-corrected chi connectivity index (χ0v) is 12.5. The largest absolute Gasteiger partial charge is 0.444 e. The van der Waals surface area contributed by atoms with E-state index in [1.165, 1.54) is 0 Å². The van der Waals surface area contributed by atoms with E-state index in [4.69, 9.17) is 27.9 Å². The first kappa shape index (κ1) is 15.8. The number of hydrogen-bond donors (Lipinski definition) is 2. The van der Waals surface area contributed by atoms with Crippen LogP contribution in [0.25, 0.3) is 0 Å². The van der Waals surface area contributed by atoms with Crippen molar-refractivity contribution in [3.8, 4) is 0 Å². The van der Waals surface area contributed by atoms with E-state index in [-0.39, 0.29) is 10.3 Å². The topological polar surface area (TPSA) is 76.1 Å². The lowest BCUT2D eigenvalue weighted by molar-refractivity contribution is 0.0530. The zero-order valence-electron chi connectivity index (χ0n) is 11.0. The average Bonchev–Trinajstić information content (AvgIpc) is 2.26. The Kier molecular flexibility index (Phi) is 5.62. The molecule has 0 saturated heterocycles. The van der Waals surface area contributed by atoms with Gasteiger partial charge in [0.2, 0.25) is 0 Å². The predicted molar refractivity (Wildman–Crippen MR) is 74.8 cm³/mol. The number of carbonyl (C=O) groups is 1. The van der Waals surface area contributed by atoms with Crippen LogP contribution in [0.5, 0.6) is 0 Å². The van der Waals surface area contributed by atoms with Crippen LogP contribution in [-0.4, -0.2) is 35.0 Å². The van der Waals surface area contributed by atoms with Crippen LogP contribution in [0, 0.1) is 0 Å². The number of aromatic nitrogens is 2. The van der Waals surface area contributed by atoms with Crippen molar-refractivity contribution in [2.75, 3.05) is 18.4 Å². The Morgan fingerprint density at radius 3 is 2.63 bits per heavy atom. The lowest BCUT2D eigenvalue weighted by Gasteiger charge is -2.19. The third kappa shape index (κ3) is 6.45. The van der Waals surface area contributed by atoms with E-state index < -0.39 is 11.7 Å². The van der Waals surface area contributed by atoms with Crippen LogP contribution >= 0.6 is 23.2 Å². The molecule has 0 aliphatic heterocycles. The third-order valence-corrected chi connectivity index (χ3v) is 2.29. The molecule has 1 rings (SSSR count). The minimum absolute atomic E-state index is 0.224. The van der Waals surface area contributed by atoms with E-state index >= 15 is 0 Å². The highest BCUT2D eigenvalue weighted by Gasteiger charge is 2.15. The molecule has 106 valence electrons. The molecule has 0 radical (unpaired) electrons. The number of nitrogens with zero attached hydrogens (tertiary/aromatic N) is 2. The minimum atomic E-state index is -0.511. The summed E-state index contributed by atoms with van der Waals surface area (Å²) in [5, 5.41) is 13.3. The van der Waals surface area contributed by atoms with Crippen LogP contribution < -0.4 is 10.6 Å². The standard InChI is InChI=1S/C11H16Cl2N4O2/c1-11(2,3)19-10(18)15-5-4-14-7-6-8(12)16-17-9(7)13/h6H,4-5H2,1-3H3,(H,14,16)(H,15,18). The van der Waals surface area contributed by atoms with Gasteiger partial charge in [-0.15, -0.1) is 10.2 Å². The maximum Gasteiger partial charge on any atom is 0.407 e. The first-order valence-electron chi connectivity index (χ1n) is 5.67. The van der Waals surface area contributed by atoms with Gasteiger partial charge in [-0.25, -0.2) is 4.79 Å². The van der Waals surface area contributed by atoms with Gasteiger partial charge < -0.3 is 15.4 Å². The van der Waals surface area contributed by atoms with E-state index in [0.29, 0.717) is 18.8 Å². The van der Waals surface area contributed by atoms with Gasteiger partial charge in [0.25, 0.3) is 0 Å². The Morgan fingerprint density at radius 2 is 2.00 bits per heavy atom. The van der Waals surface area contributed by atoms with E-state index in [1.807, 2.05) is 0 Å². The number of hydrogen-bond acceptors (Lipinski definition) is 5. The molecule has 0 aromatic carbocycles. The lowest BCUT2D eigenvalue weighted by Crippen LogP contribution is -2.35. The van der Waals surface area contributed by atoms with Crippen molar-refractivity contribution in [2.24, 2.45) is 0 Å². The fourth-order valence-electron chi connectivity index (χ4n) is 1.15. The molecule has 1 aromatic heterocycles. The van der Waals surface area contributed by atoms with E-state index in [9.17, 15) is 4.79 Å². The summed E-state index contributed by atoms with van der Waals surface area (Å²) >= 11 is 11.5. The number of rotatable bonds is 4. The van der Waals surface area contributed by atoms with Gasteiger partial charge in [0.1, 0.15) is 5.60 Å². The molecular weight excluding hydrogens is 291 g/mol. The second kappa shape index (κ2) is 6.77. The summed E-state index contributed by atoms with van der Waals surface area (Å²) in [5.41, 5.74) is 0.0521. The van der Waals surface area contributed by atoms with Crippen LogP contribution in [0.4, 0.5) is 10.5 Å². The zero-order chi connectivity index (χ0) is 14.5. The van der Waals surface area contributed by atoms with Gasteiger partial charge in [0.15, 0.2) is 10.3 Å². The molecular formula is C11H16Cl2N4O2. The SMILES string of the molecule is CC(C)(C)OC(=O)NCCNc1cc(Cl)nnc1Cl. The Balaban J connectivity index is 2.31. The van der Waals surface area contributed by atoms with Gasteiger partial charge in [-0.1, -0.05) is 23.2 Å². The highest BCUT2D eigenvalue weighted by atomic mass is 35.5. The highest BCUT2D eigenvalue weighted by Crippen LogP contribution is 2.20. The molecule has 0 bridgehead atoms. The normalized spacial score (nSPS) is 11.0. The summed E-state index contributed by atoms with van der Waals surface area (Å²) in [5.74, 6) is 0. The predicted octanol–water partition coefficient (Wildman–Crippen LogP) is 2.72. The molecule has 1 heterocycles. The van der Waals surface area contributed by atoms with Crippen molar-refractivity contribution in [1.82, 2.24) is 15.5 Å². The fraction of sp³-hybridized carbons (Fsp3) is 0.545. The molecule has 6 nitrogen and oxygen atoms in total. The number of alkyl carbamates (subject to hydrolysis) is 1. The summed E-state index contributed by atoms with van der Waals surface area (Å²) < 4.78 is 5.09. The second-order valence-electron chi connectivity index (χ2n) is 4.73. The molecule has 0 saturated carbocycles. The average molecular weight is 307 g/mol. The maximum atomic E-state index is 11.4. The van der Waals surface area contributed by atoms with E-state index in [1.54, 1.807) is 26.8 Å². The van der Waals surface area contributed by atoms with Crippen molar-refractivity contribution < 1.29 is 9.53 Å². The Morgan fingerprint density at radius 1 is 1.32 bits per heavy atom. The van der Waals surface area contributed by atoms with Crippen LogP contribution in [-0.2, 0) is 4.74 Å². The summed E-state index contributed by atoms with van der Waals surface area (Å²) in [4.78, 5) is 11.4. The molecule has 1 aromatic rings. The molecule has 0 fully saturated rings. The quantitative estimate of drug-likeness (QED) is 0.836. The molecule has 0 unspecified atom stereocenters. The summed E-state index contributed by atoms with van der Waals surface area (Å²) in [6.07, 6.45) is -0.466. The molecule has 0 spiro atoms. The van der Waals surface area contributed by atoms with Gasteiger partial charge >= 0.3 is 6.09 Å². The molecule has 8 heteroatoms. The smallest absolute Gasteiger partial charge is 0.407 e. The van der Waals surface area contributed by atoms with Gasteiger partial charge in [0, 0.05) is 19.2 Å². The maximum absolute atomic E-state index is 11.4. The van der Waals surface area contributed by atoms with Crippen LogP contribution in [0.3, 0.4) is 0 Å². The van der Waals surface area contributed by atoms with Crippen LogP contribution in [0.2, 0.25) is 10.3 Å². The molecule has 0 aliphatic carbocycles. The van der Waals surface area contributed by atoms with Gasteiger partial charge in [-0.3, -0.25) is 0 Å². The number of ether oxygens (including phenoxy) is 1. The monoisotopic (exact) mass is 306 g/mol. The number of halogens is 2. The number of carbonyl (C=O) groups excluding carboxylic acids is 1. The number of amides is 1. The second-order valence-corrected chi connectivity index (χ2v) is 5.47. The summed E-state index contributed by atoms with van der Waals surface area (Å²) in [6.45, 7) is 6.24. The van der Waals surface area contributed by atoms with Crippen molar-refractivity contribution >= 4 is 35.0 Å². The van der Waals surface area contributed by atoms with Crippen molar-refractivity contribution in [3.63, 3.8) is 0 Å². The van der Waals surface area contributed by atoms with Gasteiger partial charge in [-0.05, 0) is 20.8 Å². The lowest BCUT2D eigenvalue weighted by atomic mass is 10.2. The first-order valence-corrected chi connectivity index (χ1v) is 6.43. The van der Waals surface area contributed by atoms with Crippen LogP contribution in [0.1, 0.15) is 20.8 Å². The van der Waals surface area contributed by atoms with Crippen molar-refractivity contribution in [1.29, 1.82) is 0 Å². The Labute approximate surface area is 121 Å².